The van der Waals surface area contributed by atoms with Gasteiger partial charge in [0.05, 0.1) is 0 Å². The lowest BCUT2D eigenvalue weighted by Crippen LogP contribution is -2.35. The Balaban J connectivity index is 2.01. The van der Waals surface area contributed by atoms with Crippen LogP contribution in [0.15, 0.2) is 24.3 Å². The Labute approximate surface area is 118 Å². The third kappa shape index (κ3) is 3.73. The lowest BCUT2D eigenvalue weighted by Gasteiger charge is -2.34. The van der Waals surface area contributed by atoms with Gasteiger partial charge in [0.2, 0.25) is 0 Å². The lowest BCUT2D eigenvalue weighted by molar-refractivity contribution is 0.404. The predicted octanol–water partition coefficient (Wildman–Crippen LogP) is 3.98. The molecule has 0 spiro atoms. The van der Waals surface area contributed by atoms with E-state index in [0.29, 0.717) is 6.04 Å². The lowest BCUT2D eigenvalue weighted by atomic mass is 9.95. The average Bonchev–Trinajstić information content (AvgIpc) is 2.48. The minimum atomic E-state index is 0.448. The fourth-order valence-corrected chi connectivity index (χ4v) is 3.03. The van der Waals surface area contributed by atoms with Gasteiger partial charge in [0.1, 0.15) is 0 Å². The number of nitrogens with zero attached hydrogens (tertiary/aromatic N) is 1. The second kappa shape index (κ2) is 6.95. The van der Waals surface area contributed by atoms with Gasteiger partial charge in [-0.1, -0.05) is 32.4 Å². The van der Waals surface area contributed by atoms with Gasteiger partial charge in [0.15, 0.2) is 0 Å². The highest BCUT2D eigenvalue weighted by Crippen LogP contribution is 2.26. The number of hydrogen-bond acceptors (Lipinski definition) is 2. The SMILES string of the molecule is CCNC(C)c1ccc(N2CCCC(CC)C2)cc1. The van der Waals surface area contributed by atoms with Crippen LogP contribution in [0.2, 0.25) is 0 Å². The molecule has 1 fully saturated rings. The van der Waals surface area contributed by atoms with Gasteiger partial charge < -0.3 is 10.2 Å². The van der Waals surface area contributed by atoms with E-state index in [2.05, 4.69) is 55.3 Å². The first-order chi connectivity index (χ1) is 9.24. The van der Waals surface area contributed by atoms with Gasteiger partial charge in [0.25, 0.3) is 0 Å². The largest absolute Gasteiger partial charge is 0.371 e. The van der Waals surface area contributed by atoms with Crippen LogP contribution in [0.1, 0.15) is 51.6 Å². The molecule has 2 atom stereocenters. The molecule has 1 N–H and O–H groups in total. The Morgan fingerprint density at radius 2 is 2.00 bits per heavy atom. The molecule has 1 aliphatic rings. The summed E-state index contributed by atoms with van der Waals surface area (Å²) >= 11 is 0. The molecular weight excluding hydrogens is 232 g/mol. The minimum Gasteiger partial charge on any atom is -0.371 e. The molecule has 1 aliphatic heterocycles. The maximum atomic E-state index is 3.46. The zero-order valence-corrected chi connectivity index (χ0v) is 12.7. The highest BCUT2D eigenvalue weighted by Gasteiger charge is 2.18. The van der Waals surface area contributed by atoms with Crippen molar-refractivity contribution in [3.63, 3.8) is 0 Å². The molecule has 1 aromatic rings. The summed E-state index contributed by atoms with van der Waals surface area (Å²) in [4.78, 5) is 2.55. The van der Waals surface area contributed by atoms with Crippen molar-refractivity contribution >= 4 is 5.69 Å². The zero-order valence-electron chi connectivity index (χ0n) is 12.7. The van der Waals surface area contributed by atoms with Crippen molar-refractivity contribution in [2.75, 3.05) is 24.5 Å². The van der Waals surface area contributed by atoms with E-state index in [9.17, 15) is 0 Å². The highest BCUT2D eigenvalue weighted by atomic mass is 15.1. The summed E-state index contributed by atoms with van der Waals surface area (Å²) in [5.74, 6) is 0.883. The van der Waals surface area contributed by atoms with Crippen LogP contribution >= 0.6 is 0 Å². The van der Waals surface area contributed by atoms with Gasteiger partial charge in [0, 0.05) is 24.8 Å². The Kier molecular flexibility index (Phi) is 5.26. The molecule has 0 bridgehead atoms. The molecule has 0 aliphatic carbocycles. The van der Waals surface area contributed by atoms with Crippen molar-refractivity contribution in [3.05, 3.63) is 29.8 Å². The molecular formula is C17H28N2. The first-order valence-corrected chi connectivity index (χ1v) is 7.82. The molecule has 0 radical (unpaired) electrons. The molecule has 106 valence electrons. The van der Waals surface area contributed by atoms with Crippen LogP contribution in [-0.4, -0.2) is 19.6 Å². The predicted molar refractivity (Wildman–Crippen MR) is 83.8 cm³/mol. The molecule has 1 heterocycles. The highest BCUT2D eigenvalue weighted by molar-refractivity contribution is 5.48. The summed E-state index contributed by atoms with van der Waals surface area (Å²) in [5, 5.41) is 3.46. The first-order valence-electron chi connectivity index (χ1n) is 7.82. The summed E-state index contributed by atoms with van der Waals surface area (Å²) in [6.07, 6.45) is 4.06. The number of hydrogen-bond donors (Lipinski definition) is 1. The van der Waals surface area contributed by atoms with E-state index >= 15 is 0 Å². The van der Waals surface area contributed by atoms with E-state index in [1.165, 1.54) is 43.6 Å². The molecule has 2 unspecified atom stereocenters. The Bertz CT molecular complexity index is 371. The second-order valence-corrected chi connectivity index (χ2v) is 5.73. The molecule has 0 amide bonds. The number of benzene rings is 1. The van der Waals surface area contributed by atoms with Gasteiger partial charge in [-0.25, -0.2) is 0 Å². The van der Waals surface area contributed by atoms with Crippen molar-refractivity contribution in [1.29, 1.82) is 0 Å². The maximum Gasteiger partial charge on any atom is 0.0366 e. The van der Waals surface area contributed by atoms with Crippen molar-refractivity contribution in [2.45, 2.75) is 46.1 Å². The van der Waals surface area contributed by atoms with E-state index in [1.807, 2.05) is 0 Å². The number of anilines is 1. The standard InChI is InChI=1S/C17H28N2/c1-4-15-7-6-12-19(13-15)17-10-8-16(9-11-17)14(3)18-5-2/h8-11,14-15,18H,4-7,12-13H2,1-3H3. The topological polar surface area (TPSA) is 15.3 Å². The van der Waals surface area contributed by atoms with E-state index in [0.717, 1.165) is 12.5 Å². The summed E-state index contributed by atoms with van der Waals surface area (Å²) < 4.78 is 0. The molecule has 2 rings (SSSR count). The van der Waals surface area contributed by atoms with Crippen LogP contribution in [0.4, 0.5) is 5.69 Å². The molecule has 2 heteroatoms. The number of nitrogens with one attached hydrogen (secondary N) is 1. The second-order valence-electron chi connectivity index (χ2n) is 5.73. The number of rotatable bonds is 5. The summed E-state index contributed by atoms with van der Waals surface area (Å²) in [6.45, 7) is 10.2. The van der Waals surface area contributed by atoms with Crippen molar-refractivity contribution in [2.24, 2.45) is 5.92 Å². The van der Waals surface area contributed by atoms with Gasteiger partial charge in [-0.05, 0) is 49.9 Å². The molecule has 0 aromatic heterocycles. The van der Waals surface area contributed by atoms with Gasteiger partial charge >= 0.3 is 0 Å². The van der Waals surface area contributed by atoms with E-state index < -0.39 is 0 Å². The summed E-state index contributed by atoms with van der Waals surface area (Å²) in [6, 6.07) is 9.59. The minimum absolute atomic E-state index is 0.448. The van der Waals surface area contributed by atoms with Crippen LogP contribution < -0.4 is 10.2 Å². The third-order valence-corrected chi connectivity index (χ3v) is 4.36. The fourth-order valence-electron chi connectivity index (χ4n) is 3.03. The Morgan fingerprint density at radius 1 is 1.26 bits per heavy atom. The summed E-state index contributed by atoms with van der Waals surface area (Å²) in [5.41, 5.74) is 2.78. The van der Waals surface area contributed by atoms with Gasteiger partial charge in [-0.2, -0.15) is 0 Å². The first kappa shape index (κ1) is 14.4. The molecule has 1 aromatic carbocycles. The smallest absolute Gasteiger partial charge is 0.0366 e. The monoisotopic (exact) mass is 260 g/mol. The third-order valence-electron chi connectivity index (χ3n) is 4.36. The quantitative estimate of drug-likeness (QED) is 0.861. The van der Waals surface area contributed by atoms with Crippen LogP contribution in [-0.2, 0) is 0 Å². The Hall–Kier alpha value is -1.02. The van der Waals surface area contributed by atoms with Crippen molar-refractivity contribution < 1.29 is 0 Å². The normalized spacial score (nSPS) is 21.4. The average molecular weight is 260 g/mol. The molecule has 19 heavy (non-hydrogen) atoms. The van der Waals surface area contributed by atoms with E-state index in [4.69, 9.17) is 0 Å². The van der Waals surface area contributed by atoms with Crippen molar-refractivity contribution in [1.82, 2.24) is 5.32 Å². The van der Waals surface area contributed by atoms with Crippen LogP contribution in [0.25, 0.3) is 0 Å². The van der Waals surface area contributed by atoms with Gasteiger partial charge in [-0.3, -0.25) is 0 Å². The molecule has 1 saturated heterocycles. The van der Waals surface area contributed by atoms with E-state index in [1.54, 1.807) is 0 Å². The Morgan fingerprint density at radius 3 is 2.63 bits per heavy atom. The van der Waals surface area contributed by atoms with Crippen LogP contribution in [0.3, 0.4) is 0 Å². The zero-order chi connectivity index (χ0) is 13.7. The van der Waals surface area contributed by atoms with Crippen LogP contribution in [0, 0.1) is 5.92 Å². The molecule has 2 nitrogen and oxygen atoms in total. The van der Waals surface area contributed by atoms with Gasteiger partial charge in [-0.15, -0.1) is 0 Å². The van der Waals surface area contributed by atoms with Crippen LogP contribution in [0.5, 0.6) is 0 Å². The van der Waals surface area contributed by atoms with Crippen molar-refractivity contribution in [3.8, 4) is 0 Å². The fraction of sp³-hybridized carbons (Fsp3) is 0.647. The van der Waals surface area contributed by atoms with E-state index in [-0.39, 0.29) is 0 Å². The summed E-state index contributed by atoms with van der Waals surface area (Å²) in [7, 11) is 0. The number of piperidine rings is 1. The maximum absolute atomic E-state index is 3.46. The molecule has 0 saturated carbocycles.